The van der Waals surface area contributed by atoms with Gasteiger partial charge in [0.05, 0.1) is 6.04 Å². The van der Waals surface area contributed by atoms with Crippen LogP contribution in [0.5, 0.6) is 0 Å². The molecule has 1 unspecified atom stereocenters. The molecule has 2 fully saturated rings. The Labute approximate surface area is 170 Å². The molecule has 1 aromatic rings. The third-order valence-corrected chi connectivity index (χ3v) is 5.83. The van der Waals surface area contributed by atoms with Gasteiger partial charge in [-0.05, 0) is 30.9 Å². The molecule has 4 N–H and O–H groups in total. The highest BCUT2D eigenvalue weighted by molar-refractivity contribution is 5.95. The Morgan fingerprint density at radius 3 is 2.45 bits per heavy atom. The van der Waals surface area contributed by atoms with Gasteiger partial charge in [-0.25, -0.2) is 4.79 Å². The van der Waals surface area contributed by atoms with Crippen LogP contribution in [0.1, 0.15) is 51.4 Å². The first-order valence-corrected chi connectivity index (χ1v) is 10.3. The number of para-hydroxylation sites is 1. The molecule has 0 radical (unpaired) electrons. The molecule has 0 spiro atoms. The number of carbonyl (C=O) groups excluding carboxylic acids is 2. The standard InChI is InChI=1S/C21H29N3O5/c25-18-12-11-16(20(27)24(18)15-9-5-2-6-10-15)22-19(26)17(23-21(28)29)13-14-7-3-1-4-8-14/h2,5-6,9-10,14,16-17,20,23,27H,1,3-4,7-8,11-13H2,(H,22,26)(H,28,29)/t16-,17?,20-/m1/s1. The number of aliphatic hydroxyl groups is 1. The van der Waals surface area contributed by atoms with Gasteiger partial charge in [-0.2, -0.15) is 0 Å². The third-order valence-electron chi connectivity index (χ3n) is 5.83. The molecule has 1 aliphatic heterocycles. The van der Waals surface area contributed by atoms with Gasteiger partial charge in [0.25, 0.3) is 0 Å². The van der Waals surface area contributed by atoms with Crippen molar-refractivity contribution in [2.45, 2.75) is 69.7 Å². The maximum absolute atomic E-state index is 12.8. The lowest BCUT2D eigenvalue weighted by Gasteiger charge is -2.38. The van der Waals surface area contributed by atoms with Crippen LogP contribution in [0.25, 0.3) is 0 Å². The van der Waals surface area contributed by atoms with Gasteiger partial charge in [-0.15, -0.1) is 0 Å². The number of nitrogens with zero attached hydrogens (tertiary/aromatic N) is 1. The summed E-state index contributed by atoms with van der Waals surface area (Å²) in [5.74, 6) is -0.356. The molecule has 3 amide bonds. The number of carbonyl (C=O) groups is 3. The second-order valence-electron chi connectivity index (χ2n) is 7.91. The van der Waals surface area contributed by atoms with E-state index in [1.54, 1.807) is 24.3 Å². The second-order valence-corrected chi connectivity index (χ2v) is 7.91. The molecule has 29 heavy (non-hydrogen) atoms. The van der Waals surface area contributed by atoms with E-state index in [2.05, 4.69) is 10.6 Å². The summed E-state index contributed by atoms with van der Waals surface area (Å²) in [7, 11) is 0. The Morgan fingerprint density at radius 1 is 1.10 bits per heavy atom. The molecule has 158 valence electrons. The van der Waals surface area contributed by atoms with Crippen molar-refractivity contribution >= 4 is 23.6 Å². The minimum absolute atomic E-state index is 0.191. The maximum Gasteiger partial charge on any atom is 0.405 e. The minimum Gasteiger partial charge on any atom is -0.465 e. The van der Waals surface area contributed by atoms with Crippen LogP contribution in [0, 0.1) is 5.92 Å². The van der Waals surface area contributed by atoms with Crippen molar-refractivity contribution in [3.05, 3.63) is 30.3 Å². The summed E-state index contributed by atoms with van der Waals surface area (Å²) in [5.41, 5.74) is 0.561. The van der Waals surface area contributed by atoms with E-state index in [9.17, 15) is 19.5 Å². The van der Waals surface area contributed by atoms with Crippen LogP contribution < -0.4 is 15.5 Å². The smallest absolute Gasteiger partial charge is 0.405 e. The molecule has 1 heterocycles. The van der Waals surface area contributed by atoms with Crippen LogP contribution in [0.3, 0.4) is 0 Å². The van der Waals surface area contributed by atoms with Crippen molar-refractivity contribution in [3.63, 3.8) is 0 Å². The van der Waals surface area contributed by atoms with Crippen molar-refractivity contribution in [3.8, 4) is 0 Å². The van der Waals surface area contributed by atoms with E-state index in [4.69, 9.17) is 5.11 Å². The van der Waals surface area contributed by atoms with Crippen molar-refractivity contribution in [2.24, 2.45) is 5.92 Å². The first-order valence-electron chi connectivity index (χ1n) is 10.3. The lowest BCUT2D eigenvalue weighted by atomic mass is 9.84. The van der Waals surface area contributed by atoms with Gasteiger partial charge in [0.2, 0.25) is 11.8 Å². The normalized spacial score (nSPS) is 24.0. The number of hydrogen-bond acceptors (Lipinski definition) is 4. The van der Waals surface area contributed by atoms with Gasteiger partial charge < -0.3 is 20.8 Å². The summed E-state index contributed by atoms with van der Waals surface area (Å²) in [4.78, 5) is 37.7. The monoisotopic (exact) mass is 403 g/mol. The molecular formula is C21H29N3O5. The van der Waals surface area contributed by atoms with E-state index in [1.807, 2.05) is 6.07 Å². The van der Waals surface area contributed by atoms with E-state index < -0.39 is 30.3 Å². The topological polar surface area (TPSA) is 119 Å². The number of benzene rings is 1. The summed E-state index contributed by atoms with van der Waals surface area (Å²) in [6, 6.07) is 7.28. The molecule has 3 atom stereocenters. The highest BCUT2D eigenvalue weighted by atomic mass is 16.4. The van der Waals surface area contributed by atoms with Crippen molar-refractivity contribution in [1.82, 2.24) is 10.6 Å². The fraction of sp³-hybridized carbons (Fsp3) is 0.571. The fourth-order valence-corrected chi connectivity index (χ4v) is 4.33. The van der Waals surface area contributed by atoms with Gasteiger partial charge in [0.1, 0.15) is 6.04 Å². The average molecular weight is 403 g/mol. The predicted octanol–water partition coefficient (Wildman–Crippen LogP) is 2.22. The molecule has 8 heteroatoms. The quantitative estimate of drug-likeness (QED) is 0.581. The summed E-state index contributed by atoms with van der Waals surface area (Å²) in [6.07, 6.45) is 3.85. The first kappa shape index (κ1) is 21.1. The molecule has 0 bridgehead atoms. The van der Waals surface area contributed by atoms with Gasteiger partial charge >= 0.3 is 6.09 Å². The molecule has 1 aromatic carbocycles. The van der Waals surface area contributed by atoms with E-state index in [1.165, 1.54) is 11.3 Å². The Bertz CT molecular complexity index is 720. The van der Waals surface area contributed by atoms with E-state index in [0.29, 0.717) is 24.4 Å². The lowest BCUT2D eigenvalue weighted by Crippen LogP contribution is -2.60. The Morgan fingerprint density at radius 2 is 1.79 bits per heavy atom. The van der Waals surface area contributed by atoms with Crippen molar-refractivity contribution in [1.29, 1.82) is 0 Å². The molecule has 2 aliphatic rings. The summed E-state index contributed by atoms with van der Waals surface area (Å²) >= 11 is 0. The lowest BCUT2D eigenvalue weighted by molar-refractivity contribution is -0.129. The van der Waals surface area contributed by atoms with Crippen LogP contribution in [0.15, 0.2) is 30.3 Å². The van der Waals surface area contributed by atoms with E-state index in [-0.39, 0.29) is 12.3 Å². The van der Waals surface area contributed by atoms with Crippen LogP contribution in [0.2, 0.25) is 0 Å². The molecule has 1 saturated carbocycles. The van der Waals surface area contributed by atoms with Gasteiger partial charge in [-0.3, -0.25) is 14.5 Å². The Kier molecular flexibility index (Phi) is 7.09. The van der Waals surface area contributed by atoms with Crippen molar-refractivity contribution < 1.29 is 24.6 Å². The van der Waals surface area contributed by atoms with Crippen LogP contribution in [0.4, 0.5) is 10.5 Å². The molecular weight excluding hydrogens is 374 g/mol. The fourth-order valence-electron chi connectivity index (χ4n) is 4.33. The summed E-state index contributed by atoms with van der Waals surface area (Å²) in [5, 5.41) is 25.0. The Balaban J connectivity index is 1.67. The maximum atomic E-state index is 12.8. The second kappa shape index (κ2) is 9.73. The van der Waals surface area contributed by atoms with Gasteiger partial charge in [-0.1, -0.05) is 50.3 Å². The molecule has 3 rings (SSSR count). The number of anilines is 1. The van der Waals surface area contributed by atoms with Crippen molar-refractivity contribution in [2.75, 3.05) is 4.90 Å². The number of aliphatic hydroxyl groups excluding tert-OH is 1. The average Bonchev–Trinajstić information content (AvgIpc) is 2.71. The number of piperidine rings is 1. The van der Waals surface area contributed by atoms with E-state index >= 15 is 0 Å². The van der Waals surface area contributed by atoms with Crippen LogP contribution in [-0.4, -0.2) is 46.4 Å². The summed E-state index contributed by atoms with van der Waals surface area (Å²) in [6.45, 7) is 0. The first-order chi connectivity index (χ1) is 14.0. The SMILES string of the molecule is O=C(O)NC(CC1CCCCC1)C(=O)N[C@@H]1CCC(=O)N(c2ccccc2)[C@@H]1O. The predicted molar refractivity (Wildman–Crippen MR) is 107 cm³/mol. The van der Waals surface area contributed by atoms with Gasteiger partial charge in [0, 0.05) is 12.1 Å². The van der Waals surface area contributed by atoms with Crippen LogP contribution >= 0.6 is 0 Å². The zero-order chi connectivity index (χ0) is 20.8. The number of nitrogens with one attached hydrogen (secondary N) is 2. The molecule has 0 aromatic heterocycles. The minimum atomic E-state index is -1.24. The molecule has 1 saturated heterocycles. The van der Waals surface area contributed by atoms with Crippen LogP contribution in [-0.2, 0) is 9.59 Å². The highest BCUT2D eigenvalue weighted by Crippen LogP contribution is 2.28. The number of carboxylic acid groups (broad SMARTS) is 1. The van der Waals surface area contributed by atoms with Gasteiger partial charge in [0.15, 0.2) is 6.23 Å². The number of hydrogen-bond donors (Lipinski definition) is 4. The highest BCUT2D eigenvalue weighted by Gasteiger charge is 2.37. The van der Waals surface area contributed by atoms with E-state index in [0.717, 1.165) is 25.7 Å². The largest absolute Gasteiger partial charge is 0.465 e. The summed E-state index contributed by atoms with van der Waals surface area (Å²) < 4.78 is 0. The molecule has 1 aliphatic carbocycles. The zero-order valence-corrected chi connectivity index (χ0v) is 16.4. The Hall–Kier alpha value is -2.61. The zero-order valence-electron chi connectivity index (χ0n) is 16.4. The number of rotatable bonds is 6. The molecule has 8 nitrogen and oxygen atoms in total. The third kappa shape index (κ3) is 5.47. The number of amides is 3.